The fraction of sp³-hybridized carbons (Fsp3) is 0.462. The maximum Gasteiger partial charge on any atom is 0.405 e. The first-order valence-electron chi connectivity index (χ1n) is 5.74. The van der Waals surface area contributed by atoms with Gasteiger partial charge in [0.2, 0.25) is 0 Å². The average Bonchev–Trinajstić information content (AvgIpc) is 2.28. The van der Waals surface area contributed by atoms with E-state index in [4.69, 9.17) is 15.2 Å². The molecule has 0 aromatic heterocycles. The minimum absolute atomic E-state index is 0.373. The lowest BCUT2D eigenvalue weighted by Gasteiger charge is -2.26. The van der Waals surface area contributed by atoms with Gasteiger partial charge in [-0.2, -0.15) is 0 Å². The molecule has 0 bridgehead atoms. The molecule has 1 unspecified atom stereocenters. The van der Waals surface area contributed by atoms with Gasteiger partial charge in [0.15, 0.2) is 6.10 Å². The SMILES string of the molecule is CC(C)c1ccc2c(c1)C(OC(N)=O)COC2. The predicted octanol–water partition coefficient (Wildman–Crippen LogP) is 2.48. The van der Waals surface area contributed by atoms with Crippen molar-refractivity contribution in [3.63, 3.8) is 0 Å². The second-order valence-electron chi connectivity index (χ2n) is 4.55. The largest absolute Gasteiger partial charge is 0.439 e. The van der Waals surface area contributed by atoms with Crippen molar-refractivity contribution in [1.82, 2.24) is 0 Å². The molecular formula is C13H17NO3. The lowest BCUT2D eigenvalue weighted by molar-refractivity contribution is -0.0000915. The molecule has 1 amide bonds. The second kappa shape index (κ2) is 4.75. The first-order valence-corrected chi connectivity index (χ1v) is 5.74. The van der Waals surface area contributed by atoms with E-state index < -0.39 is 6.09 Å². The Kier molecular flexibility index (Phi) is 3.33. The number of carbonyl (C=O) groups excluding carboxylic acids is 1. The van der Waals surface area contributed by atoms with Crippen molar-refractivity contribution in [2.45, 2.75) is 32.5 Å². The summed E-state index contributed by atoms with van der Waals surface area (Å²) in [5.74, 6) is 0.442. The third kappa shape index (κ3) is 2.58. The molecule has 1 aromatic rings. The highest BCUT2D eigenvalue weighted by atomic mass is 16.6. The summed E-state index contributed by atoms with van der Waals surface area (Å²) >= 11 is 0. The number of ether oxygens (including phenoxy) is 2. The Morgan fingerprint density at radius 1 is 1.53 bits per heavy atom. The van der Waals surface area contributed by atoms with Crippen LogP contribution in [-0.2, 0) is 16.1 Å². The fourth-order valence-corrected chi connectivity index (χ4v) is 2.01. The number of hydrogen-bond donors (Lipinski definition) is 1. The van der Waals surface area contributed by atoms with Crippen molar-refractivity contribution in [3.8, 4) is 0 Å². The van der Waals surface area contributed by atoms with Gasteiger partial charge in [-0.05, 0) is 17.0 Å². The van der Waals surface area contributed by atoms with Crippen molar-refractivity contribution < 1.29 is 14.3 Å². The molecule has 2 N–H and O–H groups in total. The topological polar surface area (TPSA) is 61.5 Å². The van der Waals surface area contributed by atoms with E-state index >= 15 is 0 Å². The molecule has 0 spiro atoms. The second-order valence-corrected chi connectivity index (χ2v) is 4.55. The molecule has 1 heterocycles. The van der Waals surface area contributed by atoms with Crippen LogP contribution in [0.5, 0.6) is 0 Å². The summed E-state index contributed by atoms with van der Waals surface area (Å²) in [5, 5.41) is 0. The Morgan fingerprint density at radius 3 is 2.94 bits per heavy atom. The van der Waals surface area contributed by atoms with Gasteiger partial charge in [-0.25, -0.2) is 4.79 Å². The third-order valence-corrected chi connectivity index (χ3v) is 2.97. The number of hydrogen-bond acceptors (Lipinski definition) is 3. The van der Waals surface area contributed by atoms with Gasteiger partial charge < -0.3 is 15.2 Å². The number of carbonyl (C=O) groups is 1. The number of amides is 1. The van der Waals surface area contributed by atoms with Crippen LogP contribution in [0.15, 0.2) is 18.2 Å². The summed E-state index contributed by atoms with van der Waals surface area (Å²) in [7, 11) is 0. The molecule has 0 fully saturated rings. The van der Waals surface area contributed by atoms with Crippen LogP contribution < -0.4 is 5.73 Å². The van der Waals surface area contributed by atoms with E-state index in [2.05, 4.69) is 26.0 Å². The van der Waals surface area contributed by atoms with Gasteiger partial charge in [-0.15, -0.1) is 0 Å². The zero-order chi connectivity index (χ0) is 12.4. The third-order valence-electron chi connectivity index (χ3n) is 2.97. The summed E-state index contributed by atoms with van der Waals surface area (Å²) < 4.78 is 10.4. The van der Waals surface area contributed by atoms with Crippen LogP contribution in [0.4, 0.5) is 4.79 Å². The summed E-state index contributed by atoms with van der Waals surface area (Å²) in [6, 6.07) is 6.19. The van der Waals surface area contributed by atoms with Crippen LogP contribution in [0.25, 0.3) is 0 Å². The minimum atomic E-state index is -0.763. The van der Waals surface area contributed by atoms with Gasteiger partial charge in [0.05, 0.1) is 13.2 Å². The average molecular weight is 235 g/mol. The Labute approximate surface area is 101 Å². The van der Waals surface area contributed by atoms with Crippen molar-refractivity contribution >= 4 is 6.09 Å². The number of fused-ring (bicyclic) bond motifs is 1. The molecule has 92 valence electrons. The maximum atomic E-state index is 10.8. The monoisotopic (exact) mass is 235 g/mol. The smallest absolute Gasteiger partial charge is 0.405 e. The molecule has 0 saturated heterocycles. The van der Waals surface area contributed by atoms with Gasteiger partial charge >= 0.3 is 6.09 Å². The van der Waals surface area contributed by atoms with E-state index in [1.165, 1.54) is 5.56 Å². The Hall–Kier alpha value is -1.55. The molecule has 2 rings (SSSR count). The Morgan fingerprint density at radius 2 is 2.29 bits per heavy atom. The molecule has 1 aliphatic rings. The molecule has 0 saturated carbocycles. The molecular weight excluding hydrogens is 218 g/mol. The van der Waals surface area contributed by atoms with Crippen molar-refractivity contribution in [2.75, 3.05) is 6.61 Å². The number of primary amides is 1. The molecule has 1 aliphatic heterocycles. The van der Waals surface area contributed by atoms with E-state index in [0.29, 0.717) is 19.1 Å². The first kappa shape index (κ1) is 11.9. The lowest BCUT2D eigenvalue weighted by Crippen LogP contribution is -2.25. The molecule has 0 radical (unpaired) electrons. The van der Waals surface area contributed by atoms with E-state index in [1.54, 1.807) is 0 Å². The zero-order valence-electron chi connectivity index (χ0n) is 10.1. The quantitative estimate of drug-likeness (QED) is 0.856. The summed E-state index contributed by atoms with van der Waals surface area (Å²) in [4.78, 5) is 10.8. The van der Waals surface area contributed by atoms with Gasteiger partial charge in [-0.3, -0.25) is 0 Å². The molecule has 4 heteroatoms. The number of nitrogens with two attached hydrogens (primary N) is 1. The fourth-order valence-electron chi connectivity index (χ4n) is 2.01. The minimum Gasteiger partial charge on any atom is -0.439 e. The van der Waals surface area contributed by atoms with E-state index in [1.807, 2.05) is 6.07 Å². The summed E-state index contributed by atoms with van der Waals surface area (Å²) in [6.45, 7) is 5.19. The Balaban J connectivity index is 2.33. The van der Waals surface area contributed by atoms with Gasteiger partial charge in [-0.1, -0.05) is 32.0 Å². The molecule has 0 aliphatic carbocycles. The highest BCUT2D eigenvalue weighted by Gasteiger charge is 2.24. The zero-order valence-corrected chi connectivity index (χ0v) is 10.1. The standard InChI is InChI=1S/C13H17NO3/c1-8(2)9-3-4-10-6-16-7-12(11(10)5-9)17-13(14)15/h3-5,8,12H,6-7H2,1-2H3,(H2,14,15). The highest BCUT2D eigenvalue weighted by Crippen LogP contribution is 2.30. The van der Waals surface area contributed by atoms with E-state index in [0.717, 1.165) is 11.1 Å². The van der Waals surface area contributed by atoms with E-state index in [-0.39, 0.29) is 6.10 Å². The highest BCUT2D eigenvalue weighted by molar-refractivity contribution is 5.65. The van der Waals surface area contributed by atoms with Crippen LogP contribution in [-0.4, -0.2) is 12.7 Å². The van der Waals surface area contributed by atoms with Crippen LogP contribution in [0.1, 0.15) is 42.6 Å². The summed E-state index contributed by atoms with van der Waals surface area (Å²) in [6.07, 6.45) is -1.14. The van der Waals surface area contributed by atoms with Gasteiger partial charge in [0.25, 0.3) is 0 Å². The van der Waals surface area contributed by atoms with Crippen LogP contribution in [0, 0.1) is 0 Å². The lowest BCUT2D eigenvalue weighted by atomic mass is 9.94. The maximum absolute atomic E-state index is 10.8. The normalized spacial score (nSPS) is 18.9. The van der Waals surface area contributed by atoms with E-state index in [9.17, 15) is 4.79 Å². The van der Waals surface area contributed by atoms with Crippen molar-refractivity contribution in [1.29, 1.82) is 0 Å². The van der Waals surface area contributed by atoms with Crippen LogP contribution in [0.3, 0.4) is 0 Å². The molecule has 4 nitrogen and oxygen atoms in total. The van der Waals surface area contributed by atoms with Crippen molar-refractivity contribution in [2.24, 2.45) is 5.73 Å². The van der Waals surface area contributed by atoms with Gasteiger partial charge in [0.1, 0.15) is 0 Å². The first-order chi connectivity index (χ1) is 8.08. The van der Waals surface area contributed by atoms with Crippen LogP contribution in [0.2, 0.25) is 0 Å². The molecule has 17 heavy (non-hydrogen) atoms. The van der Waals surface area contributed by atoms with Crippen molar-refractivity contribution in [3.05, 3.63) is 34.9 Å². The van der Waals surface area contributed by atoms with Crippen LogP contribution >= 0.6 is 0 Å². The molecule has 1 aromatic carbocycles. The molecule has 1 atom stereocenters. The number of benzene rings is 1. The predicted molar refractivity (Wildman–Crippen MR) is 63.6 cm³/mol. The number of rotatable bonds is 2. The Bertz CT molecular complexity index is 429. The van der Waals surface area contributed by atoms with Gasteiger partial charge in [0, 0.05) is 5.56 Å². The summed E-state index contributed by atoms with van der Waals surface area (Å²) in [5.41, 5.74) is 8.36.